The van der Waals surface area contributed by atoms with Gasteiger partial charge in [0.2, 0.25) is 16.0 Å². The van der Waals surface area contributed by atoms with E-state index in [1.165, 1.54) is 15.9 Å². The van der Waals surface area contributed by atoms with Crippen molar-refractivity contribution in [2.24, 2.45) is 0 Å². The van der Waals surface area contributed by atoms with Gasteiger partial charge >= 0.3 is 0 Å². The van der Waals surface area contributed by atoms with Crippen LogP contribution in [0.5, 0.6) is 0 Å². The first kappa shape index (κ1) is 16.9. The zero-order valence-electron chi connectivity index (χ0n) is 14.5. The van der Waals surface area contributed by atoms with Crippen molar-refractivity contribution in [1.29, 1.82) is 0 Å². The average Bonchev–Trinajstić information content (AvgIpc) is 3.10. The van der Waals surface area contributed by atoms with E-state index in [2.05, 4.69) is 45.6 Å². The Labute approximate surface area is 152 Å². The van der Waals surface area contributed by atoms with Crippen molar-refractivity contribution < 1.29 is 8.42 Å². The van der Waals surface area contributed by atoms with Crippen LogP contribution in [0.4, 0.5) is 5.95 Å². The first-order chi connectivity index (χ1) is 12.5. The first-order valence-corrected chi connectivity index (χ1v) is 10.4. The molecule has 26 heavy (non-hydrogen) atoms. The predicted octanol–water partition coefficient (Wildman–Crippen LogP) is 2.74. The van der Waals surface area contributed by atoms with Crippen molar-refractivity contribution in [2.45, 2.75) is 12.5 Å². The third-order valence-corrected chi connectivity index (χ3v) is 5.92. The molecule has 1 fully saturated rings. The number of fused-ring (bicyclic) bond motifs is 1. The summed E-state index contributed by atoms with van der Waals surface area (Å²) < 4.78 is 24.8. The number of rotatable bonds is 4. The third-order valence-electron chi connectivity index (χ3n) is 4.65. The minimum atomic E-state index is -3.15. The Morgan fingerprint density at radius 1 is 1.12 bits per heavy atom. The van der Waals surface area contributed by atoms with Gasteiger partial charge in [0.25, 0.3) is 0 Å². The zero-order chi connectivity index (χ0) is 18.1. The minimum absolute atomic E-state index is 0.0246. The van der Waals surface area contributed by atoms with Gasteiger partial charge in [-0.15, -0.1) is 0 Å². The lowest BCUT2D eigenvalue weighted by molar-refractivity contribution is 0.480. The Morgan fingerprint density at radius 2 is 1.92 bits per heavy atom. The van der Waals surface area contributed by atoms with Crippen LogP contribution in [0, 0.1) is 0 Å². The maximum atomic E-state index is 11.6. The second kappa shape index (κ2) is 6.66. The van der Waals surface area contributed by atoms with Crippen LogP contribution in [0.3, 0.4) is 0 Å². The summed E-state index contributed by atoms with van der Waals surface area (Å²) in [5.41, 5.74) is 1.87. The van der Waals surface area contributed by atoms with Gasteiger partial charge in [-0.25, -0.2) is 22.7 Å². The fourth-order valence-corrected chi connectivity index (χ4v) is 4.16. The quantitative estimate of drug-likeness (QED) is 0.766. The summed E-state index contributed by atoms with van der Waals surface area (Å²) in [5.74, 6) is 0.524. The van der Waals surface area contributed by atoms with Crippen molar-refractivity contribution in [3.8, 4) is 11.3 Å². The Morgan fingerprint density at radius 3 is 2.69 bits per heavy atom. The summed E-state index contributed by atoms with van der Waals surface area (Å²) in [5, 5.41) is 5.62. The predicted molar refractivity (Wildman–Crippen MR) is 103 cm³/mol. The maximum Gasteiger partial charge on any atom is 0.223 e. The molecule has 7 heteroatoms. The van der Waals surface area contributed by atoms with Gasteiger partial charge in [-0.3, -0.25) is 0 Å². The lowest BCUT2D eigenvalue weighted by atomic mass is 10.1. The summed E-state index contributed by atoms with van der Waals surface area (Å²) >= 11 is 0. The normalized spacial score (nSPS) is 18.3. The molecule has 1 atom stereocenters. The highest BCUT2D eigenvalue weighted by molar-refractivity contribution is 7.88. The van der Waals surface area contributed by atoms with Gasteiger partial charge in [-0.2, -0.15) is 0 Å². The fraction of sp³-hybridized carbons (Fsp3) is 0.263. The summed E-state index contributed by atoms with van der Waals surface area (Å²) in [6.07, 6.45) is 3.71. The molecule has 1 aliphatic rings. The van der Waals surface area contributed by atoms with E-state index in [0.29, 0.717) is 19.0 Å². The second-order valence-corrected chi connectivity index (χ2v) is 8.56. The van der Waals surface area contributed by atoms with Gasteiger partial charge in [-0.1, -0.05) is 36.4 Å². The molecular weight excluding hydrogens is 348 g/mol. The van der Waals surface area contributed by atoms with Crippen LogP contribution < -0.4 is 5.32 Å². The zero-order valence-corrected chi connectivity index (χ0v) is 15.3. The Hall–Kier alpha value is -2.51. The van der Waals surface area contributed by atoms with Crippen LogP contribution in [0.1, 0.15) is 6.42 Å². The molecule has 0 saturated carbocycles. The summed E-state index contributed by atoms with van der Waals surface area (Å²) in [4.78, 5) is 8.90. The Bertz CT molecular complexity index is 1050. The van der Waals surface area contributed by atoms with Crippen LogP contribution in [0.15, 0.2) is 54.7 Å². The SMILES string of the molecule is CS(=O)(=O)N1CC[C@@H](Nc2nccc(-c3ccc4ccccc4c3)n2)C1. The number of sulfonamides is 1. The Kier molecular flexibility index (Phi) is 4.34. The largest absolute Gasteiger partial charge is 0.350 e. The standard InChI is InChI=1S/C19H20N4O2S/c1-26(24,25)23-11-9-17(13-23)21-19-20-10-8-18(22-19)16-7-6-14-4-2-3-5-15(14)12-16/h2-8,10,12,17H,9,11,13H2,1H3,(H,20,21,22)/t17-/m1/s1. The minimum Gasteiger partial charge on any atom is -0.350 e. The van der Waals surface area contributed by atoms with Gasteiger partial charge in [0, 0.05) is 30.9 Å². The number of nitrogens with zero attached hydrogens (tertiary/aromatic N) is 3. The maximum absolute atomic E-state index is 11.6. The van der Waals surface area contributed by atoms with E-state index >= 15 is 0 Å². The highest BCUT2D eigenvalue weighted by atomic mass is 32.2. The van der Waals surface area contributed by atoms with E-state index in [1.807, 2.05) is 18.2 Å². The number of benzene rings is 2. The van der Waals surface area contributed by atoms with E-state index in [9.17, 15) is 8.42 Å². The molecule has 1 aliphatic heterocycles. The molecule has 0 unspecified atom stereocenters. The molecule has 6 nitrogen and oxygen atoms in total. The van der Waals surface area contributed by atoms with Crippen molar-refractivity contribution in [1.82, 2.24) is 14.3 Å². The first-order valence-electron chi connectivity index (χ1n) is 8.53. The van der Waals surface area contributed by atoms with E-state index < -0.39 is 10.0 Å². The molecule has 134 valence electrons. The summed E-state index contributed by atoms with van der Waals surface area (Å²) in [6.45, 7) is 0.975. The van der Waals surface area contributed by atoms with Crippen molar-refractivity contribution in [2.75, 3.05) is 24.7 Å². The number of nitrogens with one attached hydrogen (secondary N) is 1. The number of hydrogen-bond acceptors (Lipinski definition) is 5. The van der Waals surface area contributed by atoms with Gasteiger partial charge in [0.15, 0.2) is 0 Å². The Balaban J connectivity index is 1.55. The fourth-order valence-electron chi connectivity index (χ4n) is 3.27. The molecule has 3 aromatic rings. The average molecular weight is 368 g/mol. The molecule has 0 bridgehead atoms. The van der Waals surface area contributed by atoms with Crippen LogP contribution in [0.2, 0.25) is 0 Å². The lowest BCUT2D eigenvalue weighted by Crippen LogP contribution is -2.31. The summed E-state index contributed by atoms with van der Waals surface area (Å²) in [6, 6.07) is 16.4. The molecule has 1 saturated heterocycles. The van der Waals surface area contributed by atoms with Crippen molar-refractivity contribution >= 4 is 26.7 Å². The van der Waals surface area contributed by atoms with Crippen LogP contribution >= 0.6 is 0 Å². The molecule has 4 rings (SSSR count). The number of aromatic nitrogens is 2. The molecule has 0 radical (unpaired) electrons. The van der Waals surface area contributed by atoms with E-state index in [-0.39, 0.29) is 6.04 Å². The van der Waals surface area contributed by atoms with Gasteiger partial charge in [0.05, 0.1) is 11.9 Å². The molecular formula is C19H20N4O2S. The van der Waals surface area contributed by atoms with Crippen molar-refractivity contribution in [3.05, 3.63) is 54.7 Å². The highest BCUT2D eigenvalue weighted by Crippen LogP contribution is 2.24. The smallest absolute Gasteiger partial charge is 0.223 e. The molecule has 2 heterocycles. The van der Waals surface area contributed by atoms with Crippen LogP contribution in [0.25, 0.3) is 22.0 Å². The van der Waals surface area contributed by atoms with Gasteiger partial charge < -0.3 is 5.32 Å². The molecule has 1 aromatic heterocycles. The van der Waals surface area contributed by atoms with Gasteiger partial charge in [0.1, 0.15) is 0 Å². The van der Waals surface area contributed by atoms with E-state index in [1.54, 1.807) is 6.20 Å². The lowest BCUT2D eigenvalue weighted by Gasteiger charge is -2.15. The van der Waals surface area contributed by atoms with Crippen LogP contribution in [-0.2, 0) is 10.0 Å². The van der Waals surface area contributed by atoms with Gasteiger partial charge in [-0.05, 0) is 29.3 Å². The number of hydrogen-bond donors (Lipinski definition) is 1. The topological polar surface area (TPSA) is 75.2 Å². The van der Waals surface area contributed by atoms with Crippen molar-refractivity contribution in [3.63, 3.8) is 0 Å². The molecule has 2 aromatic carbocycles. The molecule has 0 amide bonds. The third kappa shape index (κ3) is 3.54. The molecule has 1 N–H and O–H groups in total. The van der Waals surface area contributed by atoms with Crippen LogP contribution in [-0.4, -0.2) is 48.1 Å². The highest BCUT2D eigenvalue weighted by Gasteiger charge is 2.28. The van der Waals surface area contributed by atoms with E-state index in [0.717, 1.165) is 23.1 Å². The second-order valence-electron chi connectivity index (χ2n) is 6.58. The molecule has 0 spiro atoms. The summed E-state index contributed by atoms with van der Waals surface area (Å²) in [7, 11) is -3.15. The van der Waals surface area contributed by atoms with E-state index in [4.69, 9.17) is 0 Å². The monoisotopic (exact) mass is 368 g/mol. The number of anilines is 1. The molecule has 0 aliphatic carbocycles.